The maximum atomic E-state index is 14.4. The molecule has 7 nitrogen and oxygen atoms in total. The second kappa shape index (κ2) is 12.9. The van der Waals surface area contributed by atoms with Crippen molar-refractivity contribution in [2.45, 2.75) is 64.6 Å². The summed E-state index contributed by atoms with van der Waals surface area (Å²) in [5.74, 6) is 0.864. The molecule has 1 fully saturated rings. The number of halogens is 1. The molecule has 0 saturated heterocycles. The molecule has 0 atom stereocenters. The summed E-state index contributed by atoms with van der Waals surface area (Å²) in [7, 11) is 1.65. The highest BCUT2D eigenvalue weighted by molar-refractivity contribution is 7.21. The largest absolute Gasteiger partial charge is 0.496 e. The molecule has 4 aromatic rings. The van der Waals surface area contributed by atoms with Crippen LogP contribution in [0.2, 0.25) is 5.02 Å². The summed E-state index contributed by atoms with van der Waals surface area (Å²) >= 11 is 8.25. The molecular weight excluding hydrogens is 582 g/mol. The average Bonchev–Trinajstić information content (AvgIpc) is 3.34. The van der Waals surface area contributed by atoms with Gasteiger partial charge >= 0.3 is 6.09 Å². The fraction of sp³-hybridized carbons (Fsp3) is 0.382. The topological polar surface area (TPSA) is 83.0 Å². The van der Waals surface area contributed by atoms with Gasteiger partial charge in [0.05, 0.1) is 12.1 Å². The molecule has 226 valence electrons. The number of hydrogen-bond donors (Lipinski definition) is 1. The van der Waals surface area contributed by atoms with Crippen molar-refractivity contribution in [1.82, 2.24) is 14.8 Å². The highest BCUT2D eigenvalue weighted by Gasteiger charge is 2.35. The van der Waals surface area contributed by atoms with Crippen LogP contribution in [0.5, 0.6) is 5.75 Å². The van der Waals surface area contributed by atoms with Crippen LogP contribution < -0.4 is 4.74 Å². The Balaban J connectivity index is 1.46. The Labute approximate surface area is 262 Å². The van der Waals surface area contributed by atoms with E-state index in [2.05, 4.69) is 11.1 Å². The Kier molecular flexibility index (Phi) is 9.28. The van der Waals surface area contributed by atoms with E-state index in [9.17, 15) is 14.7 Å². The molecule has 0 bridgehead atoms. The number of hydrogen-bond acceptors (Lipinski definition) is 5. The molecule has 2 aromatic carbocycles. The van der Waals surface area contributed by atoms with Gasteiger partial charge in [0.1, 0.15) is 10.6 Å². The molecule has 0 spiro atoms. The lowest BCUT2D eigenvalue weighted by Crippen LogP contribution is -2.48. The van der Waals surface area contributed by atoms with E-state index in [0.717, 1.165) is 52.5 Å². The summed E-state index contributed by atoms with van der Waals surface area (Å²) in [6, 6.07) is 17.8. The first-order valence-electron chi connectivity index (χ1n) is 14.6. The summed E-state index contributed by atoms with van der Waals surface area (Å²) in [5, 5.41) is 11.2. The van der Waals surface area contributed by atoms with E-state index in [1.807, 2.05) is 74.2 Å². The lowest BCUT2D eigenvalue weighted by atomic mass is 9.84. The summed E-state index contributed by atoms with van der Waals surface area (Å²) in [6.07, 6.45) is 5.87. The summed E-state index contributed by atoms with van der Waals surface area (Å²) in [5.41, 5.74) is 2.49. The first-order chi connectivity index (χ1) is 20.6. The number of amides is 2. The number of carbonyl (C=O) groups is 2. The van der Waals surface area contributed by atoms with Crippen LogP contribution in [0.25, 0.3) is 21.2 Å². The van der Waals surface area contributed by atoms with Crippen LogP contribution in [-0.2, 0) is 6.54 Å². The van der Waals surface area contributed by atoms with Gasteiger partial charge < -0.3 is 19.6 Å². The minimum atomic E-state index is -0.896. The third kappa shape index (κ3) is 6.81. The van der Waals surface area contributed by atoms with Crippen molar-refractivity contribution in [1.29, 1.82) is 0 Å². The van der Waals surface area contributed by atoms with Crippen molar-refractivity contribution >= 4 is 45.0 Å². The molecule has 0 radical (unpaired) electrons. The van der Waals surface area contributed by atoms with Crippen LogP contribution in [0.3, 0.4) is 0 Å². The molecule has 9 heteroatoms. The number of methoxy groups -OCH3 is 1. The standard InChI is InChI=1S/C34H38ClN3O4S/c1-34(2,3)38(33(40)41)20-22-9-12-26(13-10-22)37(32(39)31-30(35)27-7-5-6-8-29(27)43-31)21-25-19-24(11-14-28(25)42-4)23-15-17-36-18-16-23/h5-8,11,14-19,22,26H,9-10,12-13,20-21H2,1-4H3,(H,40,41). The Morgan fingerprint density at radius 3 is 2.35 bits per heavy atom. The predicted molar refractivity (Wildman–Crippen MR) is 173 cm³/mol. The van der Waals surface area contributed by atoms with Crippen LogP contribution in [0, 0.1) is 5.92 Å². The van der Waals surface area contributed by atoms with Gasteiger partial charge in [0.25, 0.3) is 5.91 Å². The number of ether oxygens (including phenoxy) is 1. The van der Waals surface area contributed by atoms with Gasteiger partial charge in [-0.15, -0.1) is 11.3 Å². The van der Waals surface area contributed by atoms with E-state index < -0.39 is 11.6 Å². The second-order valence-corrected chi connectivity index (χ2v) is 13.6. The number of nitrogens with zero attached hydrogens (tertiary/aromatic N) is 3. The maximum Gasteiger partial charge on any atom is 0.407 e. The van der Waals surface area contributed by atoms with Gasteiger partial charge in [0.15, 0.2) is 0 Å². The van der Waals surface area contributed by atoms with Crippen molar-refractivity contribution in [2.24, 2.45) is 5.92 Å². The molecule has 2 amide bonds. The summed E-state index contributed by atoms with van der Waals surface area (Å²) < 4.78 is 6.74. The number of aromatic nitrogens is 1. The number of carboxylic acid groups (broad SMARTS) is 1. The van der Waals surface area contributed by atoms with Gasteiger partial charge in [-0.25, -0.2) is 4.79 Å². The molecule has 2 heterocycles. The fourth-order valence-corrected chi connectivity index (χ4v) is 7.46. The molecule has 0 unspecified atom stereocenters. The van der Waals surface area contributed by atoms with Crippen molar-refractivity contribution in [3.8, 4) is 16.9 Å². The highest BCUT2D eigenvalue weighted by Crippen LogP contribution is 2.39. The van der Waals surface area contributed by atoms with Crippen molar-refractivity contribution in [2.75, 3.05) is 13.7 Å². The number of benzene rings is 2. The lowest BCUT2D eigenvalue weighted by Gasteiger charge is -2.40. The van der Waals surface area contributed by atoms with Crippen molar-refractivity contribution in [3.05, 3.63) is 82.5 Å². The molecule has 1 aliphatic rings. The minimum absolute atomic E-state index is 0.0211. The minimum Gasteiger partial charge on any atom is -0.496 e. The third-order valence-electron chi connectivity index (χ3n) is 8.36. The molecule has 5 rings (SSSR count). The fourth-order valence-electron chi connectivity index (χ4n) is 5.99. The monoisotopic (exact) mass is 619 g/mol. The van der Waals surface area contributed by atoms with Crippen LogP contribution in [-0.4, -0.2) is 57.1 Å². The molecular formula is C34H38ClN3O4S. The Bertz CT molecular complexity index is 1590. The van der Waals surface area contributed by atoms with E-state index in [-0.39, 0.29) is 17.9 Å². The quantitative estimate of drug-likeness (QED) is 0.213. The van der Waals surface area contributed by atoms with Gasteiger partial charge in [0, 0.05) is 52.7 Å². The first kappa shape index (κ1) is 30.8. The van der Waals surface area contributed by atoms with Crippen LogP contribution >= 0.6 is 22.9 Å². The van der Waals surface area contributed by atoms with Crippen LogP contribution in [0.15, 0.2) is 67.0 Å². The zero-order chi connectivity index (χ0) is 30.7. The zero-order valence-electron chi connectivity index (χ0n) is 25.0. The maximum absolute atomic E-state index is 14.4. The van der Waals surface area contributed by atoms with Gasteiger partial charge in [-0.05, 0) is 93.8 Å². The molecule has 1 N–H and O–H groups in total. The van der Waals surface area contributed by atoms with E-state index in [0.29, 0.717) is 28.7 Å². The number of fused-ring (bicyclic) bond motifs is 1. The van der Waals surface area contributed by atoms with Gasteiger partial charge in [-0.1, -0.05) is 35.9 Å². The lowest BCUT2D eigenvalue weighted by molar-refractivity contribution is 0.0535. The molecule has 1 aliphatic carbocycles. The third-order valence-corrected chi connectivity index (χ3v) is 10.0. The summed E-state index contributed by atoms with van der Waals surface area (Å²) in [6.45, 7) is 6.63. The van der Waals surface area contributed by atoms with E-state index in [1.54, 1.807) is 19.5 Å². The van der Waals surface area contributed by atoms with Crippen molar-refractivity contribution < 1.29 is 19.4 Å². The molecule has 1 saturated carbocycles. The van der Waals surface area contributed by atoms with Crippen LogP contribution in [0.4, 0.5) is 4.79 Å². The van der Waals surface area contributed by atoms with Crippen molar-refractivity contribution in [3.63, 3.8) is 0 Å². The summed E-state index contributed by atoms with van der Waals surface area (Å²) in [4.78, 5) is 34.6. The highest BCUT2D eigenvalue weighted by atomic mass is 35.5. The Hall–Kier alpha value is -3.62. The van der Waals surface area contributed by atoms with E-state index in [4.69, 9.17) is 16.3 Å². The van der Waals surface area contributed by atoms with Gasteiger partial charge in [0.2, 0.25) is 0 Å². The number of pyridine rings is 1. The van der Waals surface area contributed by atoms with E-state index in [1.165, 1.54) is 16.2 Å². The predicted octanol–water partition coefficient (Wildman–Crippen LogP) is 8.61. The molecule has 2 aromatic heterocycles. The molecule has 43 heavy (non-hydrogen) atoms. The van der Waals surface area contributed by atoms with E-state index >= 15 is 0 Å². The zero-order valence-corrected chi connectivity index (χ0v) is 26.6. The smallest absolute Gasteiger partial charge is 0.407 e. The number of thiophene rings is 1. The van der Waals surface area contributed by atoms with Gasteiger partial charge in [-0.2, -0.15) is 0 Å². The second-order valence-electron chi connectivity index (χ2n) is 12.2. The van der Waals surface area contributed by atoms with Gasteiger partial charge in [-0.3, -0.25) is 9.78 Å². The molecule has 0 aliphatic heterocycles. The Morgan fingerprint density at radius 2 is 1.72 bits per heavy atom. The van der Waals surface area contributed by atoms with Crippen LogP contribution in [0.1, 0.15) is 61.7 Å². The Morgan fingerprint density at radius 1 is 1.02 bits per heavy atom. The first-order valence-corrected chi connectivity index (χ1v) is 15.8. The number of carbonyl (C=O) groups excluding carboxylic acids is 1. The average molecular weight is 620 g/mol. The normalized spacial score (nSPS) is 17.0. The number of rotatable bonds is 8. The SMILES string of the molecule is COc1ccc(-c2ccncc2)cc1CN(C(=O)c1sc2ccccc2c1Cl)C1CCC(CN(C(=O)O)C(C)(C)C)CC1.